The summed E-state index contributed by atoms with van der Waals surface area (Å²) in [6.45, 7) is 1.73. The summed E-state index contributed by atoms with van der Waals surface area (Å²) in [6, 6.07) is 13.4. The highest BCUT2D eigenvalue weighted by Gasteiger charge is 2.02. The molecule has 2 heteroatoms. The number of hydrogen-bond acceptors (Lipinski definition) is 2. The van der Waals surface area contributed by atoms with Gasteiger partial charge < -0.3 is 5.11 Å². The molecule has 0 fully saturated rings. The first-order valence-corrected chi connectivity index (χ1v) is 4.82. The van der Waals surface area contributed by atoms with E-state index in [1.807, 2.05) is 30.3 Å². The van der Waals surface area contributed by atoms with Crippen LogP contribution in [0.3, 0.4) is 0 Å². The molecule has 2 aromatic rings. The van der Waals surface area contributed by atoms with E-state index in [1.165, 1.54) is 0 Å². The third-order valence-electron chi connectivity index (χ3n) is 2.48. The van der Waals surface area contributed by atoms with Crippen LogP contribution in [0.5, 0.6) is 0 Å². The van der Waals surface area contributed by atoms with Crippen molar-refractivity contribution in [3.05, 3.63) is 47.5 Å². The average Bonchev–Trinajstić information content (AvgIpc) is 2.27. The van der Waals surface area contributed by atoms with Crippen LogP contribution in [0.2, 0.25) is 0 Å². The molecule has 0 aliphatic carbocycles. The van der Waals surface area contributed by atoms with Gasteiger partial charge in [0.2, 0.25) is 0 Å². The number of benzene rings is 2. The fourth-order valence-electron chi connectivity index (χ4n) is 1.59. The lowest BCUT2D eigenvalue weighted by molar-refractivity contribution is 0.199. The van der Waals surface area contributed by atoms with Gasteiger partial charge in [-0.2, -0.15) is 5.26 Å². The van der Waals surface area contributed by atoms with E-state index in [1.54, 1.807) is 13.0 Å². The number of aliphatic hydroxyl groups excluding tert-OH is 1. The average molecular weight is 197 g/mol. The van der Waals surface area contributed by atoms with Gasteiger partial charge >= 0.3 is 0 Å². The summed E-state index contributed by atoms with van der Waals surface area (Å²) in [4.78, 5) is 0. The first-order valence-electron chi connectivity index (χ1n) is 4.82. The summed E-state index contributed by atoms with van der Waals surface area (Å²) in [5, 5.41) is 20.3. The van der Waals surface area contributed by atoms with E-state index in [9.17, 15) is 5.11 Å². The Balaban J connectivity index is 2.64. The fourth-order valence-corrected chi connectivity index (χ4v) is 1.59. The molecule has 0 aliphatic rings. The van der Waals surface area contributed by atoms with Gasteiger partial charge in [-0.1, -0.05) is 18.2 Å². The van der Waals surface area contributed by atoms with E-state index in [0.717, 1.165) is 16.3 Å². The van der Waals surface area contributed by atoms with Gasteiger partial charge in [0.05, 0.1) is 17.7 Å². The van der Waals surface area contributed by atoms with Gasteiger partial charge in [0, 0.05) is 0 Å². The van der Waals surface area contributed by atoms with Crippen LogP contribution in [0.1, 0.15) is 24.2 Å². The Kier molecular flexibility index (Phi) is 2.40. The Morgan fingerprint density at radius 3 is 2.53 bits per heavy atom. The zero-order valence-electron chi connectivity index (χ0n) is 8.44. The van der Waals surface area contributed by atoms with Crippen molar-refractivity contribution in [2.45, 2.75) is 13.0 Å². The second-order valence-electron chi connectivity index (χ2n) is 3.61. The standard InChI is InChI=1S/C13H11NO/c1-9(15)12-5-4-11-3-2-10(8-14)6-13(11)7-12/h2-7,9,15H,1H3. The molecule has 0 radical (unpaired) electrons. The lowest BCUT2D eigenvalue weighted by atomic mass is 10.0. The highest BCUT2D eigenvalue weighted by atomic mass is 16.3. The molecule has 15 heavy (non-hydrogen) atoms. The summed E-state index contributed by atoms with van der Waals surface area (Å²) in [5.41, 5.74) is 1.52. The molecule has 2 nitrogen and oxygen atoms in total. The summed E-state index contributed by atoms with van der Waals surface area (Å²) in [6.07, 6.45) is -0.472. The van der Waals surface area contributed by atoms with Crippen molar-refractivity contribution in [1.82, 2.24) is 0 Å². The van der Waals surface area contributed by atoms with Crippen molar-refractivity contribution >= 4 is 10.8 Å². The van der Waals surface area contributed by atoms with Gasteiger partial charge in [-0.25, -0.2) is 0 Å². The zero-order valence-corrected chi connectivity index (χ0v) is 8.44. The normalized spacial score (nSPS) is 12.3. The van der Waals surface area contributed by atoms with Gasteiger partial charge in [0.1, 0.15) is 0 Å². The van der Waals surface area contributed by atoms with Gasteiger partial charge in [0.15, 0.2) is 0 Å². The summed E-state index contributed by atoms with van der Waals surface area (Å²) >= 11 is 0. The molecule has 0 heterocycles. The molecule has 0 spiro atoms. The Hall–Kier alpha value is -1.85. The molecular weight excluding hydrogens is 186 g/mol. The lowest BCUT2D eigenvalue weighted by Gasteiger charge is -2.06. The fraction of sp³-hybridized carbons (Fsp3) is 0.154. The second kappa shape index (κ2) is 3.72. The van der Waals surface area contributed by atoms with Crippen LogP contribution < -0.4 is 0 Å². The quantitative estimate of drug-likeness (QED) is 0.763. The van der Waals surface area contributed by atoms with Crippen LogP contribution in [0.4, 0.5) is 0 Å². The maximum Gasteiger partial charge on any atom is 0.0991 e. The molecule has 1 atom stereocenters. The second-order valence-corrected chi connectivity index (χ2v) is 3.61. The summed E-state index contributed by atoms with van der Waals surface area (Å²) < 4.78 is 0. The van der Waals surface area contributed by atoms with Crippen LogP contribution in [0.25, 0.3) is 10.8 Å². The number of hydrogen-bond donors (Lipinski definition) is 1. The highest BCUT2D eigenvalue weighted by Crippen LogP contribution is 2.21. The van der Waals surface area contributed by atoms with Crippen LogP contribution in [0.15, 0.2) is 36.4 Å². The van der Waals surface area contributed by atoms with E-state index in [4.69, 9.17) is 5.26 Å². The third-order valence-corrected chi connectivity index (χ3v) is 2.48. The molecule has 1 N–H and O–H groups in total. The molecule has 0 aromatic heterocycles. The largest absolute Gasteiger partial charge is 0.389 e. The third kappa shape index (κ3) is 1.83. The molecular formula is C13H11NO. The Labute approximate surface area is 88.4 Å². The molecule has 2 aromatic carbocycles. The number of nitrogens with zero attached hydrogens (tertiary/aromatic N) is 1. The molecule has 0 bridgehead atoms. The zero-order chi connectivity index (χ0) is 10.8. The van der Waals surface area contributed by atoms with Gasteiger partial charge in [0.25, 0.3) is 0 Å². The smallest absolute Gasteiger partial charge is 0.0991 e. The van der Waals surface area contributed by atoms with Crippen LogP contribution >= 0.6 is 0 Å². The summed E-state index contributed by atoms with van der Waals surface area (Å²) in [7, 11) is 0. The Morgan fingerprint density at radius 2 is 1.87 bits per heavy atom. The summed E-state index contributed by atoms with van der Waals surface area (Å²) in [5.74, 6) is 0. The van der Waals surface area contributed by atoms with Crippen molar-refractivity contribution in [2.75, 3.05) is 0 Å². The van der Waals surface area contributed by atoms with Crippen molar-refractivity contribution in [1.29, 1.82) is 5.26 Å². The maximum absolute atomic E-state index is 9.44. The molecule has 74 valence electrons. The predicted octanol–water partition coefficient (Wildman–Crippen LogP) is 2.76. The SMILES string of the molecule is CC(O)c1ccc2ccc(C#N)cc2c1. The van der Waals surface area contributed by atoms with Crippen molar-refractivity contribution in [3.63, 3.8) is 0 Å². The van der Waals surface area contributed by atoms with E-state index >= 15 is 0 Å². The highest BCUT2D eigenvalue weighted by molar-refractivity contribution is 5.84. The topological polar surface area (TPSA) is 44.0 Å². The number of rotatable bonds is 1. The maximum atomic E-state index is 9.44. The van der Waals surface area contributed by atoms with Crippen molar-refractivity contribution < 1.29 is 5.11 Å². The molecule has 0 amide bonds. The predicted molar refractivity (Wildman–Crippen MR) is 59.3 cm³/mol. The van der Waals surface area contributed by atoms with Crippen molar-refractivity contribution in [3.8, 4) is 6.07 Å². The lowest BCUT2D eigenvalue weighted by Crippen LogP contribution is -1.90. The van der Waals surface area contributed by atoms with Gasteiger partial charge in [-0.05, 0) is 41.5 Å². The van der Waals surface area contributed by atoms with E-state index in [-0.39, 0.29) is 0 Å². The van der Waals surface area contributed by atoms with E-state index in [0.29, 0.717) is 5.56 Å². The van der Waals surface area contributed by atoms with Crippen LogP contribution in [0, 0.1) is 11.3 Å². The first kappa shape index (κ1) is 9.70. The van der Waals surface area contributed by atoms with Crippen molar-refractivity contribution in [2.24, 2.45) is 0 Å². The molecule has 2 rings (SSSR count). The Bertz CT molecular complexity index is 538. The van der Waals surface area contributed by atoms with Crippen LogP contribution in [-0.4, -0.2) is 5.11 Å². The molecule has 0 aliphatic heterocycles. The van der Waals surface area contributed by atoms with Gasteiger partial charge in [-0.3, -0.25) is 0 Å². The first-order chi connectivity index (χ1) is 7.20. The molecule has 1 unspecified atom stereocenters. The van der Waals surface area contributed by atoms with E-state index in [2.05, 4.69) is 6.07 Å². The minimum absolute atomic E-state index is 0.472. The minimum atomic E-state index is -0.472. The van der Waals surface area contributed by atoms with Crippen LogP contribution in [-0.2, 0) is 0 Å². The number of nitriles is 1. The number of aliphatic hydroxyl groups is 1. The minimum Gasteiger partial charge on any atom is -0.389 e. The van der Waals surface area contributed by atoms with E-state index < -0.39 is 6.10 Å². The molecule has 0 saturated carbocycles. The number of fused-ring (bicyclic) bond motifs is 1. The molecule has 0 saturated heterocycles. The Morgan fingerprint density at radius 1 is 1.13 bits per heavy atom. The van der Waals surface area contributed by atoms with Gasteiger partial charge in [-0.15, -0.1) is 0 Å². The monoisotopic (exact) mass is 197 g/mol.